The van der Waals surface area contributed by atoms with Gasteiger partial charge < -0.3 is 26.0 Å². The number of hydrogen-bond donors (Lipinski definition) is 4. The minimum Gasteiger partial charge on any atom is -0.456 e. The second kappa shape index (κ2) is 14.3. The van der Waals surface area contributed by atoms with Gasteiger partial charge in [0.05, 0.1) is 6.42 Å². The number of ether oxygens (including phenoxy) is 1. The van der Waals surface area contributed by atoms with E-state index in [0.29, 0.717) is 12.2 Å². The average Bonchev–Trinajstić information content (AvgIpc) is 2.81. The number of carbonyl (C=O) groups is 5. The van der Waals surface area contributed by atoms with Crippen LogP contribution >= 0.6 is 21.6 Å². The van der Waals surface area contributed by atoms with Crippen LogP contribution < -0.4 is 21.3 Å². The maximum atomic E-state index is 13.2. The number of fused-ring (bicyclic) bond motifs is 7. The van der Waals surface area contributed by atoms with Gasteiger partial charge in [-0.2, -0.15) is 0 Å². The summed E-state index contributed by atoms with van der Waals surface area (Å²) in [6.07, 6.45) is 4.51. The Morgan fingerprint density at radius 3 is 2.28 bits per heavy atom. The first-order valence-corrected chi connectivity index (χ1v) is 14.5. The van der Waals surface area contributed by atoms with Crippen molar-refractivity contribution in [2.75, 3.05) is 11.5 Å². The standard InChI is InChI=1S/C24H36N4O6S2/c1-6-16-21(30)28-20(14(4)5)24(33)34-15-9-7-8-10-35-36-12-17(22(31)25-16)26-23(32)19(13(2)3)27-18(29)11-15/h6-7,9,13-15,17,19-20H,8,10-12H2,1-5H3,(H,25,31)(H,26,32)(H,27,29)(H,28,30)/b9-7?,16-6+/t15-,17+,19+,20+/m0/s1. The van der Waals surface area contributed by atoms with Gasteiger partial charge in [0, 0.05) is 11.5 Å². The van der Waals surface area contributed by atoms with E-state index in [9.17, 15) is 24.0 Å². The SMILES string of the molecule is C/C=C1/NC(=O)[C@H]2CSSCCC=C[C@@H](CC(=O)N[C@H](C(C)C)C(=O)N2)OC(=O)[C@@H](C(C)C)NC1=O. The van der Waals surface area contributed by atoms with E-state index in [0.717, 1.165) is 0 Å². The van der Waals surface area contributed by atoms with Crippen molar-refractivity contribution in [2.45, 2.75) is 71.7 Å². The molecule has 0 radical (unpaired) electrons. The zero-order valence-electron chi connectivity index (χ0n) is 21.3. The molecule has 2 aliphatic heterocycles. The summed E-state index contributed by atoms with van der Waals surface area (Å²) in [7, 11) is 2.95. The molecule has 2 heterocycles. The number of esters is 1. The third-order valence-corrected chi connectivity index (χ3v) is 8.03. The number of allylic oxidation sites excluding steroid dienone is 2. The highest BCUT2D eigenvalue weighted by Crippen LogP contribution is 2.24. The summed E-state index contributed by atoms with van der Waals surface area (Å²) in [5.74, 6) is -2.54. The van der Waals surface area contributed by atoms with Crippen molar-refractivity contribution in [1.82, 2.24) is 21.3 Å². The molecule has 1 fully saturated rings. The largest absolute Gasteiger partial charge is 0.456 e. The molecule has 0 aromatic heterocycles. The summed E-state index contributed by atoms with van der Waals surface area (Å²) in [4.78, 5) is 65.2. The van der Waals surface area contributed by atoms with Gasteiger partial charge in [0.2, 0.25) is 17.7 Å². The zero-order valence-corrected chi connectivity index (χ0v) is 22.9. The predicted molar refractivity (Wildman–Crippen MR) is 141 cm³/mol. The lowest BCUT2D eigenvalue weighted by atomic mass is 10.0. The third kappa shape index (κ3) is 8.88. The molecule has 4 N–H and O–H groups in total. The number of nitrogens with one attached hydrogen (secondary N) is 4. The van der Waals surface area contributed by atoms with Crippen LogP contribution in [0.15, 0.2) is 23.9 Å². The van der Waals surface area contributed by atoms with E-state index in [1.807, 2.05) is 6.08 Å². The van der Waals surface area contributed by atoms with E-state index >= 15 is 0 Å². The molecule has 36 heavy (non-hydrogen) atoms. The summed E-state index contributed by atoms with van der Waals surface area (Å²) in [5, 5.41) is 10.7. The molecule has 4 atom stereocenters. The molecule has 2 bridgehead atoms. The van der Waals surface area contributed by atoms with Gasteiger partial charge in [0.25, 0.3) is 5.91 Å². The average molecular weight is 541 g/mol. The van der Waals surface area contributed by atoms with Crippen molar-refractivity contribution in [1.29, 1.82) is 0 Å². The molecule has 0 spiro atoms. The minimum atomic E-state index is -1.00. The Bertz CT molecular complexity index is 905. The molecular weight excluding hydrogens is 504 g/mol. The maximum Gasteiger partial charge on any atom is 0.329 e. The molecule has 1 saturated heterocycles. The molecule has 0 aromatic carbocycles. The van der Waals surface area contributed by atoms with Crippen molar-refractivity contribution in [3.05, 3.63) is 23.9 Å². The normalized spacial score (nSPS) is 28.8. The van der Waals surface area contributed by atoms with Crippen molar-refractivity contribution >= 4 is 51.2 Å². The Morgan fingerprint density at radius 2 is 1.64 bits per heavy atom. The molecule has 0 unspecified atom stereocenters. The fourth-order valence-corrected chi connectivity index (χ4v) is 5.66. The van der Waals surface area contributed by atoms with E-state index in [1.54, 1.807) is 40.7 Å². The first-order chi connectivity index (χ1) is 17.0. The van der Waals surface area contributed by atoms with Crippen molar-refractivity contribution in [3.8, 4) is 0 Å². The van der Waals surface area contributed by atoms with Gasteiger partial charge in [0.1, 0.15) is 29.9 Å². The molecule has 200 valence electrons. The Labute approximate surface area is 220 Å². The van der Waals surface area contributed by atoms with E-state index in [2.05, 4.69) is 21.3 Å². The van der Waals surface area contributed by atoms with E-state index in [-0.39, 0.29) is 29.7 Å². The van der Waals surface area contributed by atoms with Crippen LogP contribution in [0.2, 0.25) is 0 Å². The zero-order chi connectivity index (χ0) is 26.8. The number of carbonyl (C=O) groups excluding carboxylic acids is 5. The molecule has 0 saturated carbocycles. The Morgan fingerprint density at radius 1 is 0.944 bits per heavy atom. The van der Waals surface area contributed by atoms with Gasteiger partial charge in [-0.3, -0.25) is 19.2 Å². The fourth-order valence-electron chi connectivity index (χ4n) is 3.50. The first kappa shape index (κ1) is 29.8. The molecule has 12 heteroatoms. The summed E-state index contributed by atoms with van der Waals surface area (Å²) in [5.41, 5.74) is -0.0445. The van der Waals surface area contributed by atoms with Gasteiger partial charge in [-0.25, -0.2) is 4.79 Å². The highest BCUT2D eigenvalue weighted by molar-refractivity contribution is 8.76. The van der Waals surface area contributed by atoms with Gasteiger partial charge >= 0.3 is 5.97 Å². The van der Waals surface area contributed by atoms with Crippen molar-refractivity contribution < 1.29 is 28.7 Å². The van der Waals surface area contributed by atoms with Gasteiger partial charge in [-0.15, -0.1) is 0 Å². The Balaban J connectivity index is 2.55. The maximum absolute atomic E-state index is 13.2. The highest BCUT2D eigenvalue weighted by atomic mass is 33.1. The predicted octanol–water partition coefficient (Wildman–Crippen LogP) is 1.43. The number of amides is 4. The molecule has 4 amide bonds. The highest BCUT2D eigenvalue weighted by Gasteiger charge is 2.33. The molecule has 0 aromatic rings. The van der Waals surface area contributed by atoms with Crippen LogP contribution in [-0.4, -0.2) is 65.3 Å². The van der Waals surface area contributed by atoms with Crippen molar-refractivity contribution in [3.63, 3.8) is 0 Å². The topological polar surface area (TPSA) is 143 Å². The summed E-state index contributed by atoms with van der Waals surface area (Å²) in [6.45, 7) is 8.66. The van der Waals surface area contributed by atoms with Gasteiger partial charge in [-0.05, 0) is 31.3 Å². The van der Waals surface area contributed by atoms with Crippen molar-refractivity contribution in [2.24, 2.45) is 11.8 Å². The van der Waals surface area contributed by atoms with Crippen LogP contribution in [0, 0.1) is 11.8 Å². The monoisotopic (exact) mass is 540 g/mol. The second-order valence-electron chi connectivity index (χ2n) is 9.24. The van der Waals surface area contributed by atoms with Crippen LogP contribution in [0.1, 0.15) is 47.5 Å². The third-order valence-electron chi connectivity index (χ3n) is 5.59. The number of rotatable bonds is 2. The second-order valence-corrected chi connectivity index (χ2v) is 11.9. The quantitative estimate of drug-likeness (QED) is 0.178. The summed E-state index contributed by atoms with van der Waals surface area (Å²) in [6, 6.07) is -2.86. The fraction of sp³-hybridized carbons (Fsp3) is 0.625. The van der Waals surface area contributed by atoms with E-state index < -0.39 is 53.8 Å². The molecular formula is C24H36N4O6S2. The molecule has 0 aliphatic carbocycles. The van der Waals surface area contributed by atoms with Gasteiger partial charge in [-0.1, -0.05) is 61.4 Å². The van der Waals surface area contributed by atoms with E-state index in [4.69, 9.17) is 4.74 Å². The summed E-state index contributed by atoms with van der Waals surface area (Å²) < 4.78 is 5.65. The molecule has 10 nitrogen and oxygen atoms in total. The Kier molecular flexibility index (Phi) is 11.8. The Hall–Kier alpha value is -2.47. The van der Waals surface area contributed by atoms with Crippen LogP contribution in [0.3, 0.4) is 0 Å². The lowest BCUT2D eigenvalue weighted by Crippen LogP contribution is -2.57. The summed E-state index contributed by atoms with van der Waals surface area (Å²) >= 11 is 0. The molecule has 2 rings (SSSR count). The smallest absolute Gasteiger partial charge is 0.329 e. The van der Waals surface area contributed by atoms with Gasteiger partial charge in [0.15, 0.2) is 0 Å². The number of hydrogen-bond acceptors (Lipinski definition) is 8. The van der Waals surface area contributed by atoms with E-state index in [1.165, 1.54) is 27.7 Å². The van der Waals surface area contributed by atoms with Crippen LogP contribution in [0.4, 0.5) is 0 Å². The minimum absolute atomic E-state index is 0.0445. The first-order valence-electron chi connectivity index (χ1n) is 12.0. The van der Waals surface area contributed by atoms with Crippen LogP contribution in [-0.2, 0) is 28.7 Å². The lowest BCUT2D eigenvalue weighted by molar-refractivity contribution is -0.153. The van der Waals surface area contributed by atoms with Crippen LogP contribution in [0.5, 0.6) is 0 Å². The lowest BCUT2D eigenvalue weighted by Gasteiger charge is -2.27. The molecule has 2 aliphatic rings. The van der Waals surface area contributed by atoms with Crippen LogP contribution in [0.25, 0.3) is 0 Å².